The molecule has 6 rings (SSSR count). The number of hydrogen-bond acceptors (Lipinski definition) is 11. The fourth-order valence-corrected chi connectivity index (χ4v) is 6.25. The van der Waals surface area contributed by atoms with Gasteiger partial charge in [0.1, 0.15) is 24.2 Å². The van der Waals surface area contributed by atoms with E-state index in [-0.39, 0.29) is 16.7 Å². The minimum atomic E-state index is -1.89. The van der Waals surface area contributed by atoms with E-state index in [2.05, 4.69) is 0 Å². The SMILES string of the molecule is COc1ccc(Cc2ccccc2O[C@@H]2O[C@H](COC(=O)c3ccccc3)[C@@](C)(OC(C)=O)[C@H](OC(=O)c3ccccc3)[C@H]2OC(=O)c2ccccc2)cc1. The number of carbonyl (C=O) groups is 4. The van der Waals surface area contributed by atoms with Crippen molar-refractivity contribution in [2.24, 2.45) is 0 Å². The van der Waals surface area contributed by atoms with Crippen LogP contribution in [0, 0.1) is 0 Å². The molecule has 5 aromatic rings. The van der Waals surface area contributed by atoms with Gasteiger partial charge in [-0.25, -0.2) is 14.4 Å². The first-order valence-electron chi connectivity index (χ1n) is 17.6. The van der Waals surface area contributed by atoms with E-state index in [4.69, 9.17) is 33.2 Å². The molecule has 0 amide bonds. The monoisotopic (exact) mass is 744 g/mol. The Morgan fingerprint density at radius 2 is 1.18 bits per heavy atom. The highest BCUT2D eigenvalue weighted by Crippen LogP contribution is 2.39. The molecular formula is C44H40O11. The lowest BCUT2D eigenvalue weighted by molar-refractivity contribution is -0.309. The van der Waals surface area contributed by atoms with E-state index >= 15 is 0 Å². The molecule has 1 heterocycles. The normalized spacial score (nSPS) is 20.3. The van der Waals surface area contributed by atoms with E-state index in [1.807, 2.05) is 36.4 Å². The van der Waals surface area contributed by atoms with Crippen LogP contribution in [-0.4, -0.2) is 67.8 Å². The summed E-state index contributed by atoms with van der Waals surface area (Å²) in [5.74, 6) is -1.94. The number of carbonyl (C=O) groups excluding carboxylic acids is 4. The maximum absolute atomic E-state index is 13.8. The molecule has 0 bridgehead atoms. The maximum atomic E-state index is 13.8. The number of hydrogen-bond donors (Lipinski definition) is 0. The van der Waals surface area contributed by atoms with Crippen LogP contribution in [0.15, 0.2) is 140 Å². The predicted octanol–water partition coefficient (Wildman–Crippen LogP) is 7.02. The minimum absolute atomic E-state index is 0.182. The Labute approximate surface area is 318 Å². The highest BCUT2D eigenvalue weighted by atomic mass is 16.7. The van der Waals surface area contributed by atoms with Gasteiger partial charge in [-0.05, 0) is 72.6 Å². The van der Waals surface area contributed by atoms with Crippen molar-refractivity contribution in [3.8, 4) is 11.5 Å². The van der Waals surface area contributed by atoms with E-state index in [1.165, 1.54) is 13.8 Å². The summed E-state index contributed by atoms with van der Waals surface area (Å²) in [5, 5.41) is 0. The zero-order valence-corrected chi connectivity index (χ0v) is 30.5. The van der Waals surface area contributed by atoms with E-state index in [1.54, 1.807) is 110 Å². The summed E-state index contributed by atoms with van der Waals surface area (Å²) in [6.45, 7) is 2.18. The summed E-state index contributed by atoms with van der Waals surface area (Å²) in [7, 11) is 1.59. The van der Waals surface area contributed by atoms with Crippen molar-refractivity contribution in [3.05, 3.63) is 167 Å². The maximum Gasteiger partial charge on any atom is 0.338 e. The molecule has 0 saturated carbocycles. The zero-order valence-electron chi connectivity index (χ0n) is 30.5. The van der Waals surface area contributed by atoms with Crippen molar-refractivity contribution in [2.75, 3.05) is 13.7 Å². The van der Waals surface area contributed by atoms with Crippen LogP contribution in [0.4, 0.5) is 0 Å². The second-order valence-electron chi connectivity index (χ2n) is 12.9. The van der Waals surface area contributed by atoms with Gasteiger partial charge in [0.25, 0.3) is 0 Å². The van der Waals surface area contributed by atoms with Crippen LogP contribution in [0.2, 0.25) is 0 Å². The van der Waals surface area contributed by atoms with Gasteiger partial charge in [0, 0.05) is 13.3 Å². The van der Waals surface area contributed by atoms with Crippen molar-refractivity contribution in [1.82, 2.24) is 0 Å². The lowest BCUT2D eigenvalue weighted by Gasteiger charge is -2.50. The Hall–Kier alpha value is -6.46. The molecule has 0 spiro atoms. The number of rotatable bonds is 13. The Morgan fingerprint density at radius 1 is 0.655 bits per heavy atom. The molecule has 0 aliphatic carbocycles. The van der Waals surface area contributed by atoms with E-state index < -0.39 is 60.7 Å². The number of ether oxygens (including phenoxy) is 7. The number of methoxy groups -OCH3 is 1. The van der Waals surface area contributed by atoms with Gasteiger partial charge in [-0.3, -0.25) is 4.79 Å². The summed E-state index contributed by atoms with van der Waals surface area (Å²) < 4.78 is 42.4. The molecular weight excluding hydrogens is 704 g/mol. The third-order valence-corrected chi connectivity index (χ3v) is 9.07. The first-order chi connectivity index (χ1) is 26.6. The van der Waals surface area contributed by atoms with E-state index in [0.717, 1.165) is 11.1 Å². The summed E-state index contributed by atoms with van der Waals surface area (Å²) in [6.07, 6.45) is -5.42. The van der Waals surface area contributed by atoms with Crippen molar-refractivity contribution in [3.63, 3.8) is 0 Å². The summed E-state index contributed by atoms with van der Waals surface area (Å²) >= 11 is 0. The number of para-hydroxylation sites is 1. The van der Waals surface area contributed by atoms with Crippen LogP contribution in [0.5, 0.6) is 11.5 Å². The van der Waals surface area contributed by atoms with Gasteiger partial charge in [0.15, 0.2) is 11.7 Å². The van der Waals surface area contributed by atoms with Gasteiger partial charge in [-0.15, -0.1) is 0 Å². The molecule has 11 heteroatoms. The summed E-state index contributed by atoms with van der Waals surface area (Å²) in [5.41, 5.74) is 0.467. The van der Waals surface area contributed by atoms with Gasteiger partial charge in [0.05, 0.1) is 23.8 Å². The van der Waals surface area contributed by atoms with Gasteiger partial charge >= 0.3 is 23.9 Å². The zero-order chi connectivity index (χ0) is 38.8. The molecule has 0 N–H and O–H groups in total. The first-order valence-corrected chi connectivity index (χ1v) is 17.6. The van der Waals surface area contributed by atoms with E-state index in [9.17, 15) is 19.2 Å². The van der Waals surface area contributed by atoms with Gasteiger partial charge in [0.2, 0.25) is 12.4 Å². The average Bonchev–Trinajstić information content (AvgIpc) is 3.21. The fourth-order valence-electron chi connectivity index (χ4n) is 6.25. The third-order valence-electron chi connectivity index (χ3n) is 9.07. The largest absolute Gasteiger partial charge is 0.497 e. The van der Waals surface area contributed by atoms with Crippen LogP contribution in [0.3, 0.4) is 0 Å². The molecule has 5 aromatic carbocycles. The molecule has 282 valence electrons. The Bertz CT molecular complexity index is 2070. The van der Waals surface area contributed by atoms with Crippen molar-refractivity contribution in [1.29, 1.82) is 0 Å². The van der Waals surface area contributed by atoms with Crippen LogP contribution < -0.4 is 9.47 Å². The molecule has 11 nitrogen and oxygen atoms in total. The summed E-state index contributed by atoms with van der Waals surface area (Å²) in [6, 6.07) is 39.5. The first kappa shape index (κ1) is 38.3. The molecule has 5 atom stereocenters. The van der Waals surface area contributed by atoms with Crippen LogP contribution >= 0.6 is 0 Å². The smallest absolute Gasteiger partial charge is 0.338 e. The Morgan fingerprint density at radius 3 is 1.75 bits per heavy atom. The van der Waals surface area contributed by atoms with Gasteiger partial charge < -0.3 is 33.2 Å². The molecule has 1 aliphatic rings. The lowest BCUT2D eigenvalue weighted by Crippen LogP contribution is -2.70. The highest BCUT2D eigenvalue weighted by Gasteiger charge is 2.61. The van der Waals surface area contributed by atoms with E-state index in [0.29, 0.717) is 17.9 Å². The topological polar surface area (TPSA) is 133 Å². The molecule has 0 aromatic heterocycles. The van der Waals surface area contributed by atoms with Gasteiger partial charge in [-0.1, -0.05) is 84.9 Å². The number of esters is 4. The van der Waals surface area contributed by atoms with Crippen LogP contribution in [0.1, 0.15) is 56.0 Å². The summed E-state index contributed by atoms with van der Waals surface area (Å²) in [4.78, 5) is 53.6. The molecule has 0 radical (unpaired) electrons. The molecule has 55 heavy (non-hydrogen) atoms. The van der Waals surface area contributed by atoms with Crippen LogP contribution in [-0.2, 0) is 34.9 Å². The quantitative estimate of drug-likeness (QED) is 0.0910. The lowest BCUT2D eigenvalue weighted by atomic mass is 9.85. The second-order valence-corrected chi connectivity index (χ2v) is 12.9. The van der Waals surface area contributed by atoms with Crippen molar-refractivity contribution >= 4 is 23.9 Å². The Balaban J connectivity index is 1.42. The average molecular weight is 745 g/mol. The number of benzene rings is 5. The minimum Gasteiger partial charge on any atom is -0.497 e. The van der Waals surface area contributed by atoms with Crippen molar-refractivity contribution in [2.45, 2.75) is 50.5 Å². The molecule has 1 saturated heterocycles. The predicted molar refractivity (Wildman–Crippen MR) is 200 cm³/mol. The molecule has 0 unspecified atom stereocenters. The molecule has 1 fully saturated rings. The Kier molecular flexibility index (Phi) is 12.2. The second kappa shape index (κ2) is 17.6. The van der Waals surface area contributed by atoms with Gasteiger partial charge in [-0.2, -0.15) is 0 Å². The van der Waals surface area contributed by atoms with Crippen molar-refractivity contribution < 1.29 is 52.3 Å². The third kappa shape index (κ3) is 9.38. The highest BCUT2D eigenvalue weighted by molar-refractivity contribution is 5.91. The standard InChI is InChI=1S/C44H40O11/c1-29(45)55-44(2)37(28-50-40(46)31-15-7-4-8-16-31)52-43(51-36-22-14-13-21-34(36)27-30-23-25-35(49-3)26-24-30)38(53-41(47)32-17-9-5-10-18-32)39(44)54-42(48)33-19-11-6-12-20-33/h4-26,37-39,43H,27-28H2,1-3H3/t37-,38-,39-,43-,44-/m1/s1. The fraction of sp³-hybridized carbons (Fsp3) is 0.227. The van der Waals surface area contributed by atoms with Crippen LogP contribution in [0.25, 0.3) is 0 Å². The molecule has 1 aliphatic heterocycles.